The van der Waals surface area contributed by atoms with Gasteiger partial charge in [-0.05, 0) is 37.1 Å². The van der Waals surface area contributed by atoms with E-state index in [4.69, 9.17) is 9.97 Å². The maximum absolute atomic E-state index is 5.30. The molecule has 3 nitrogen and oxygen atoms in total. The number of hydrogen-bond acceptors (Lipinski definition) is 3. The van der Waals surface area contributed by atoms with E-state index in [0.29, 0.717) is 5.95 Å². The summed E-state index contributed by atoms with van der Waals surface area (Å²) >= 11 is 1.93. The molecule has 0 amide bonds. The van der Waals surface area contributed by atoms with Crippen LogP contribution in [0.15, 0.2) is 109 Å². The first-order valence-corrected chi connectivity index (χ1v) is 15.0. The zero-order valence-corrected chi connectivity index (χ0v) is 24.4. The van der Waals surface area contributed by atoms with Crippen molar-refractivity contribution < 1.29 is 0 Å². The highest BCUT2D eigenvalue weighted by Gasteiger charge is 2.38. The smallest absolute Gasteiger partial charge is 0.235 e. The average molecular weight is 548 g/mol. The highest BCUT2D eigenvalue weighted by molar-refractivity contribution is 7.20. The molecule has 3 heterocycles. The Kier molecular flexibility index (Phi) is 5.17. The Balaban J connectivity index is 1.52. The molecule has 0 fully saturated rings. The molecule has 0 saturated heterocycles. The molecule has 41 heavy (non-hydrogen) atoms. The van der Waals surface area contributed by atoms with Crippen LogP contribution in [0.2, 0.25) is 0 Å². The summed E-state index contributed by atoms with van der Waals surface area (Å²) < 4.78 is 3.60. The summed E-state index contributed by atoms with van der Waals surface area (Å²) in [5, 5.41) is 4.83. The highest BCUT2D eigenvalue weighted by atomic mass is 32.1. The minimum atomic E-state index is -0.0429. The number of para-hydroxylation sites is 2. The van der Waals surface area contributed by atoms with Crippen LogP contribution >= 0.6 is 11.3 Å². The maximum Gasteiger partial charge on any atom is 0.235 e. The average Bonchev–Trinajstić information content (AvgIpc) is 3.61. The quantitative estimate of drug-likeness (QED) is 0.220. The van der Waals surface area contributed by atoms with Crippen molar-refractivity contribution in [3.63, 3.8) is 0 Å². The van der Waals surface area contributed by atoms with Crippen molar-refractivity contribution >= 4 is 59.7 Å². The molecule has 8 rings (SSSR count). The number of nitrogens with zero attached hydrogens (tertiary/aromatic N) is 3. The standard InChI is InChI=1S/C37H29N3S/c1-5-13-28-22(2)31-27-21-20-25-24-16-10-12-19-30(24)40(33(25)34(27)41-35(31)37(28,3)4)36-38-29-18-11-9-17-26(29)32(39-36)23-14-7-6-8-15-23/h5-21H,1-4H3/b13-5-. The predicted molar refractivity (Wildman–Crippen MR) is 175 cm³/mol. The topological polar surface area (TPSA) is 30.7 Å². The van der Waals surface area contributed by atoms with Crippen LogP contribution in [-0.4, -0.2) is 14.5 Å². The van der Waals surface area contributed by atoms with Gasteiger partial charge in [-0.1, -0.05) is 105 Å². The number of allylic oxidation sites excluding steroid dienone is 4. The van der Waals surface area contributed by atoms with Crippen molar-refractivity contribution in [3.8, 4) is 17.2 Å². The number of aromatic nitrogens is 3. The second-order valence-corrected chi connectivity index (χ2v) is 12.4. The molecule has 0 bridgehead atoms. The van der Waals surface area contributed by atoms with Gasteiger partial charge in [0.05, 0.1) is 26.9 Å². The van der Waals surface area contributed by atoms with Gasteiger partial charge in [-0.3, -0.25) is 4.57 Å². The lowest BCUT2D eigenvalue weighted by molar-refractivity contribution is 0.668. The van der Waals surface area contributed by atoms with Crippen molar-refractivity contribution in [2.45, 2.75) is 33.1 Å². The molecule has 7 aromatic rings. The normalized spacial score (nSPS) is 14.8. The fourth-order valence-electron chi connectivity index (χ4n) is 6.83. The van der Waals surface area contributed by atoms with Crippen LogP contribution < -0.4 is 0 Å². The fraction of sp³-hybridized carbons (Fsp3) is 0.135. The summed E-state index contributed by atoms with van der Waals surface area (Å²) in [5.41, 5.74) is 9.44. The number of hydrogen-bond donors (Lipinski definition) is 0. The zero-order chi connectivity index (χ0) is 27.9. The number of thiophene rings is 1. The first kappa shape index (κ1) is 24.3. The Bertz CT molecular complexity index is 2240. The maximum atomic E-state index is 5.30. The molecule has 3 aromatic heterocycles. The van der Waals surface area contributed by atoms with Crippen LogP contribution in [0.1, 0.15) is 38.1 Å². The van der Waals surface area contributed by atoms with E-state index in [-0.39, 0.29) is 5.41 Å². The van der Waals surface area contributed by atoms with Crippen LogP contribution in [0.5, 0.6) is 0 Å². The SMILES string of the molecule is C/C=C\C1=C(C)c2c(sc3c2ccc2c4ccccc4n(-c4nc(-c5ccccc5)c5ccccc5n4)c23)C1(C)C. The van der Waals surface area contributed by atoms with Gasteiger partial charge in [0.2, 0.25) is 5.95 Å². The summed E-state index contributed by atoms with van der Waals surface area (Å²) in [5.74, 6) is 0.705. The number of benzene rings is 4. The second-order valence-electron chi connectivity index (χ2n) is 11.4. The molecule has 1 aliphatic rings. The van der Waals surface area contributed by atoms with Crippen LogP contribution in [0.3, 0.4) is 0 Å². The fourth-order valence-corrected chi connectivity index (χ4v) is 8.34. The van der Waals surface area contributed by atoms with Crippen molar-refractivity contribution in [1.82, 2.24) is 14.5 Å². The van der Waals surface area contributed by atoms with Crippen LogP contribution in [0.25, 0.3) is 65.6 Å². The lowest BCUT2D eigenvalue weighted by atomic mass is 9.85. The summed E-state index contributed by atoms with van der Waals surface area (Å²) in [7, 11) is 0. The molecule has 0 aliphatic heterocycles. The van der Waals surface area contributed by atoms with Crippen LogP contribution in [-0.2, 0) is 5.41 Å². The molecule has 198 valence electrons. The van der Waals surface area contributed by atoms with E-state index < -0.39 is 0 Å². The van der Waals surface area contributed by atoms with Crippen LogP contribution in [0.4, 0.5) is 0 Å². The highest BCUT2D eigenvalue weighted by Crippen LogP contribution is 2.55. The Hall–Kier alpha value is -4.54. The van der Waals surface area contributed by atoms with Crippen molar-refractivity contribution in [2.24, 2.45) is 0 Å². The lowest BCUT2D eigenvalue weighted by Gasteiger charge is -2.21. The van der Waals surface area contributed by atoms with Gasteiger partial charge < -0.3 is 0 Å². The minimum Gasteiger partial charge on any atom is -0.276 e. The van der Waals surface area contributed by atoms with E-state index >= 15 is 0 Å². The van der Waals surface area contributed by atoms with E-state index in [9.17, 15) is 0 Å². The molecule has 4 aromatic carbocycles. The van der Waals surface area contributed by atoms with E-state index in [1.807, 2.05) is 17.4 Å². The molecule has 0 radical (unpaired) electrons. The van der Waals surface area contributed by atoms with E-state index in [2.05, 4.69) is 129 Å². The lowest BCUT2D eigenvalue weighted by Crippen LogP contribution is -2.14. The third-order valence-electron chi connectivity index (χ3n) is 8.68. The Labute approximate surface area is 243 Å². The molecule has 0 N–H and O–H groups in total. The van der Waals surface area contributed by atoms with E-state index in [0.717, 1.165) is 27.7 Å². The molecule has 0 atom stereocenters. The first-order valence-electron chi connectivity index (χ1n) is 14.1. The molecule has 4 heteroatoms. The summed E-state index contributed by atoms with van der Waals surface area (Å²) in [6.07, 6.45) is 4.45. The van der Waals surface area contributed by atoms with E-state index in [1.165, 1.54) is 48.0 Å². The van der Waals surface area contributed by atoms with Gasteiger partial charge in [-0.15, -0.1) is 11.3 Å². The Morgan fingerprint density at radius 2 is 1.46 bits per heavy atom. The number of fused-ring (bicyclic) bond motifs is 8. The monoisotopic (exact) mass is 547 g/mol. The minimum absolute atomic E-state index is 0.0429. The van der Waals surface area contributed by atoms with Crippen LogP contribution in [0, 0.1) is 0 Å². The van der Waals surface area contributed by atoms with Crippen molar-refractivity contribution in [2.75, 3.05) is 0 Å². The molecule has 1 aliphatic carbocycles. The summed E-state index contributed by atoms with van der Waals surface area (Å²) in [4.78, 5) is 11.9. The largest absolute Gasteiger partial charge is 0.276 e. The van der Waals surface area contributed by atoms with Gasteiger partial charge in [0, 0.05) is 43.0 Å². The zero-order valence-electron chi connectivity index (χ0n) is 23.6. The number of rotatable bonds is 3. The predicted octanol–water partition coefficient (Wildman–Crippen LogP) is 10.2. The van der Waals surface area contributed by atoms with Crippen molar-refractivity contribution in [1.29, 1.82) is 0 Å². The Morgan fingerprint density at radius 3 is 2.27 bits per heavy atom. The Morgan fingerprint density at radius 1 is 0.756 bits per heavy atom. The van der Waals surface area contributed by atoms with Gasteiger partial charge in [-0.2, -0.15) is 0 Å². The van der Waals surface area contributed by atoms with Crippen molar-refractivity contribution in [3.05, 3.63) is 119 Å². The van der Waals surface area contributed by atoms with Gasteiger partial charge in [0.15, 0.2) is 0 Å². The molecule has 0 saturated carbocycles. The first-order chi connectivity index (χ1) is 20.0. The molecular weight excluding hydrogens is 518 g/mol. The second kappa shape index (κ2) is 8.73. The van der Waals surface area contributed by atoms with Gasteiger partial charge in [-0.25, -0.2) is 9.97 Å². The third kappa shape index (κ3) is 3.31. The summed E-state index contributed by atoms with van der Waals surface area (Å²) in [6, 6.07) is 32.1. The van der Waals surface area contributed by atoms with E-state index in [1.54, 1.807) is 0 Å². The summed E-state index contributed by atoms with van der Waals surface area (Å²) in [6.45, 7) is 9.11. The third-order valence-corrected chi connectivity index (χ3v) is 10.2. The molecule has 0 spiro atoms. The van der Waals surface area contributed by atoms with Gasteiger partial charge in [0.25, 0.3) is 0 Å². The molecule has 0 unspecified atom stereocenters. The molecular formula is C37H29N3S. The van der Waals surface area contributed by atoms with Gasteiger partial charge in [0.1, 0.15) is 0 Å². The van der Waals surface area contributed by atoms with Gasteiger partial charge >= 0.3 is 0 Å².